The zero-order valence-electron chi connectivity index (χ0n) is 11.9. The Morgan fingerprint density at radius 1 is 1.17 bits per heavy atom. The average molecular weight is 342 g/mol. The number of hydrogen-bond donors (Lipinski definition) is 1. The summed E-state index contributed by atoms with van der Waals surface area (Å²) in [4.78, 5) is 4.25. The lowest BCUT2D eigenvalue weighted by Gasteiger charge is -1.99. The highest BCUT2D eigenvalue weighted by Crippen LogP contribution is 2.14. The van der Waals surface area contributed by atoms with Crippen molar-refractivity contribution in [3.05, 3.63) is 70.1 Å². The van der Waals surface area contributed by atoms with E-state index in [1.807, 2.05) is 54.6 Å². The van der Waals surface area contributed by atoms with Crippen molar-refractivity contribution in [2.24, 2.45) is 5.10 Å². The lowest BCUT2D eigenvalue weighted by atomic mass is 10.2. The van der Waals surface area contributed by atoms with Gasteiger partial charge in [0.1, 0.15) is 5.69 Å². The summed E-state index contributed by atoms with van der Waals surface area (Å²) in [5, 5.41) is 11.6. The number of aromatic amines is 1. The van der Waals surface area contributed by atoms with E-state index in [2.05, 4.69) is 20.3 Å². The van der Waals surface area contributed by atoms with Crippen molar-refractivity contribution in [3.8, 4) is 11.5 Å². The smallest absolute Gasteiger partial charge is 0.216 e. The van der Waals surface area contributed by atoms with E-state index in [1.54, 1.807) is 6.20 Å². The van der Waals surface area contributed by atoms with E-state index < -0.39 is 0 Å². The van der Waals surface area contributed by atoms with Crippen LogP contribution < -0.4 is 0 Å². The third-order valence-corrected chi connectivity index (χ3v) is 3.42. The molecule has 0 aliphatic rings. The van der Waals surface area contributed by atoms with Gasteiger partial charge in [-0.3, -0.25) is 4.98 Å². The Hall–Kier alpha value is -2.57. The summed E-state index contributed by atoms with van der Waals surface area (Å²) < 4.78 is 1.85. The number of H-pyrrole nitrogens is 1. The molecule has 0 bridgehead atoms. The minimum absolute atomic E-state index is 0.367. The molecule has 2 aromatic heterocycles. The van der Waals surface area contributed by atoms with Gasteiger partial charge in [0.25, 0.3) is 0 Å². The molecule has 0 aliphatic carbocycles. The molecule has 1 aromatic carbocycles. The molecule has 0 saturated carbocycles. The number of rotatable bonds is 4. The van der Waals surface area contributed by atoms with Crippen LogP contribution in [0.25, 0.3) is 17.6 Å². The van der Waals surface area contributed by atoms with E-state index >= 15 is 0 Å². The molecule has 2 heterocycles. The molecule has 0 fully saturated rings. The molecule has 0 amide bonds. The van der Waals surface area contributed by atoms with Gasteiger partial charge in [0.15, 0.2) is 0 Å². The van der Waals surface area contributed by atoms with Crippen LogP contribution in [0.5, 0.6) is 0 Å². The highest BCUT2D eigenvalue weighted by atomic mass is 35.5. The molecule has 23 heavy (non-hydrogen) atoms. The quantitative estimate of drug-likeness (QED) is 0.573. The van der Waals surface area contributed by atoms with Gasteiger partial charge in [-0.25, -0.2) is 5.10 Å². The molecule has 0 atom stereocenters. The van der Waals surface area contributed by atoms with Crippen LogP contribution in [0.2, 0.25) is 0 Å². The SMILES string of the molecule is S=c1[nH]nc(-c2ccccn2)n1N=CC(Cl)=Cc1ccccc1. The van der Waals surface area contributed by atoms with Crippen LogP contribution in [0.15, 0.2) is 64.9 Å². The Bertz CT molecular complexity index is 897. The van der Waals surface area contributed by atoms with Crippen molar-refractivity contribution in [2.45, 2.75) is 0 Å². The van der Waals surface area contributed by atoms with Crippen molar-refractivity contribution in [1.82, 2.24) is 19.9 Å². The second kappa shape index (κ2) is 7.13. The monoisotopic (exact) mass is 341 g/mol. The molecule has 5 nitrogen and oxygen atoms in total. The molecule has 0 spiro atoms. The van der Waals surface area contributed by atoms with Crippen molar-refractivity contribution < 1.29 is 0 Å². The number of pyridine rings is 1. The van der Waals surface area contributed by atoms with Crippen molar-refractivity contribution in [1.29, 1.82) is 0 Å². The third-order valence-electron chi connectivity index (χ3n) is 2.95. The van der Waals surface area contributed by atoms with E-state index in [-0.39, 0.29) is 0 Å². The van der Waals surface area contributed by atoms with Gasteiger partial charge in [-0.15, -0.1) is 0 Å². The number of halogens is 1. The van der Waals surface area contributed by atoms with Gasteiger partial charge in [-0.1, -0.05) is 48.0 Å². The second-order valence-electron chi connectivity index (χ2n) is 4.56. The number of aromatic nitrogens is 4. The zero-order chi connectivity index (χ0) is 16.1. The molecule has 0 aliphatic heterocycles. The first-order chi connectivity index (χ1) is 11.2. The summed E-state index contributed by atoms with van der Waals surface area (Å²) in [5.74, 6) is 0.524. The minimum atomic E-state index is 0.367. The van der Waals surface area contributed by atoms with Gasteiger partial charge in [-0.05, 0) is 36.0 Å². The van der Waals surface area contributed by atoms with Crippen LogP contribution in [0.1, 0.15) is 5.56 Å². The molecule has 3 rings (SSSR count). The third kappa shape index (κ3) is 3.80. The molecule has 1 N–H and O–H groups in total. The lowest BCUT2D eigenvalue weighted by molar-refractivity contribution is 0.868. The summed E-state index contributed by atoms with van der Waals surface area (Å²) in [6.45, 7) is 0. The van der Waals surface area contributed by atoms with Crippen LogP contribution in [-0.4, -0.2) is 26.1 Å². The molecule has 114 valence electrons. The van der Waals surface area contributed by atoms with E-state index in [9.17, 15) is 0 Å². The van der Waals surface area contributed by atoms with Gasteiger partial charge in [0.2, 0.25) is 10.6 Å². The predicted molar refractivity (Wildman–Crippen MR) is 94.8 cm³/mol. The standard InChI is InChI=1S/C16H12ClN5S/c17-13(10-12-6-2-1-3-7-12)11-19-22-15(20-21-16(22)23)14-8-4-5-9-18-14/h1-11H,(H,21,23). The highest BCUT2D eigenvalue weighted by Gasteiger charge is 2.08. The molecular formula is C16H12ClN5S. The normalized spacial score (nSPS) is 12.0. The summed E-state index contributed by atoms with van der Waals surface area (Å²) >= 11 is 11.4. The van der Waals surface area contributed by atoms with Crippen molar-refractivity contribution >= 4 is 36.1 Å². The fourth-order valence-electron chi connectivity index (χ4n) is 1.92. The Labute approximate surface area is 143 Å². The molecular weight excluding hydrogens is 330 g/mol. The van der Waals surface area contributed by atoms with Crippen molar-refractivity contribution in [3.63, 3.8) is 0 Å². The fraction of sp³-hybridized carbons (Fsp3) is 0. The molecule has 0 saturated heterocycles. The first kappa shape index (κ1) is 15.3. The van der Waals surface area contributed by atoms with E-state index in [1.165, 1.54) is 10.9 Å². The maximum absolute atomic E-state index is 6.20. The number of allylic oxidation sites excluding steroid dienone is 1. The van der Waals surface area contributed by atoms with Gasteiger partial charge < -0.3 is 0 Å². The Morgan fingerprint density at radius 2 is 1.96 bits per heavy atom. The van der Waals surface area contributed by atoms with Crippen LogP contribution in [0, 0.1) is 4.77 Å². The maximum Gasteiger partial charge on any atom is 0.216 e. The molecule has 3 aromatic rings. The Morgan fingerprint density at radius 3 is 2.70 bits per heavy atom. The number of benzene rings is 1. The maximum atomic E-state index is 6.20. The summed E-state index contributed by atoms with van der Waals surface area (Å²) in [6, 6.07) is 15.3. The fourth-order valence-corrected chi connectivity index (χ4v) is 2.27. The van der Waals surface area contributed by atoms with E-state index in [0.29, 0.717) is 21.3 Å². The van der Waals surface area contributed by atoms with Gasteiger partial charge >= 0.3 is 0 Å². The number of nitrogens with one attached hydrogen (secondary N) is 1. The first-order valence-electron chi connectivity index (χ1n) is 6.79. The Balaban J connectivity index is 1.90. The summed E-state index contributed by atoms with van der Waals surface area (Å²) in [7, 11) is 0. The number of nitrogens with zero attached hydrogens (tertiary/aromatic N) is 4. The zero-order valence-corrected chi connectivity index (χ0v) is 13.5. The first-order valence-corrected chi connectivity index (χ1v) is 7.58. The van der Waals surface area contributed by atoms with Crippen LogP contribution in [0.4, 0.5) is 0 Å². The van der Waals surface area contributed by atoms with Gasteiger partial charge in [-0.2, -0.15) is 14.9 Å². The number of hydrogen-bond acceptors (Lipinski definition) is 4. The van der Waals surface area contributed by atoms with E-state index in [4.69, 9.17) is 23.8 Å². The summed E-state index contributed by atoms with van der Waals surface area (Å²) in [6.07, 6.45) is 5.02. The van der Waals surface area contributed by atoms with Crippen LogP contribution in [-0.2, 0) is 0 Å². The largest absolute Gasteiger partial charge is 0.253 e. The molecule has 7 heteroatoms. The van der Waals surface area contributed by atoms with Crippen LogP contribution in [0.3, 0.4) is 0 Å². The topological polar surface area (TPSA) is 58.9 Å². The van der Waals surface area contributed by atoms with Crippen LogP contribution >= 0.6 is 23.8 Å². The average Bonchev–Trinajstić information content (AvgIpc) is 2.95. The van der Waals surface area contributed by atoms with Gasteiger partial charge in [0.05, 0.1) is 11.2 Å². The Kier molecular flexibility index (Phi) is 4.75. The molecule has 0 unspecified atom stereocenters. The highest BCUT2D eigenvalue weighted by molar-refractivity contribution is 7.71. The van der Waals surface area contributed by atoms with E-state index in [0.717, 1.165) is 5.56 Å². The molecule has 0 radical (unpaired) electrons. The predicted octanol–water partition coefficient (Wildman–Crippen LogP) is 4.12. The summed E-state index contributed by atoms with van der Waals surface area (Å²) in [5.41, 5.74) is 1.66. The lowest BCUT2D eigenvalue weighted by Crippen LogP contribution is -1.95. The van der Waals surface area contributed by atoms with Gasteiger partial charge in [0, 0.05) is 6.20 Å². The second-order valence-corrected chi connectivity index (χ2v) is 5.39. The minimum Gasteiger partial charge on any atom is -0.253 e. The van der Waals surface area contributed by atoms with Crippen molar-refractivity contribution in [2.75, 3.05) is 0 Å².